The van der Waals surface area contributed by atoms with E-state index in [0.29, 0.717) is 81.8 Å². The van der Waals surface area contributed by atoms with Crippen LogP contribution in [-0.4, -0.2) is 222 Å². The van der Waals surface area contributed by atoms with Crippen molar-refractivity contribution >= 4 is 159 Å². The number of unbranched alkanes of at least 4 members (excludes halogenated alkanes) is 1. The summed E-state index contributed by atoms with van der Waals surface area (Å²) >= 11 is 0. The third kappa shape index (κ3) is 26.6. The van der Waals surface area contributed by atoms with Crippen molar-refractivity contribution in [3.63, 3.8) is 0 Å². The number of sulfonamides is 1. The fourth-order valence-corrected chi connectivity index (χ4v) is 18.9. The number of nitrogens with one attached hydrogen (secondary N) is 9. The monoisotopic (exact) mass is 1820 g/mol. The predicted molar refractivity (Wildman–Crippen MR) is 475 cm³/mol. The van der Waals surface area contributed by atoms with Crippen LogP contribution in [0.15, 0.2) is 153 Å². The Morgan fingerprint density at radius 1 is 0.540 bits per heavy atom. The lowest BCUT2D eigenvalue weighted by Gasteiger charge is -2.30. The standard InChI is InChI=1S/C85H104BF2N13O21S4/c1-7-98(8-2)57-28-32-61-71(48-57)122-72-49-58(99(9-3)10-4)29-33-62(72)78(61)63-34-31-60(50-73(63)126(119,120)121)125(117,118)91-42-43-123-124-51-69(84(114)115)95-79(107)64(24-17-18-40-89-74(102)37-30-56-26-27-59-47-70-52(5)44-53(6)100(70)86(87,88)101(56)59)93-81(109)68(46-55-22-15-12-16-23-55)94-80(108)67(45-54-20-13-11-14-21-54)92-76(104)25-19-41-90-75(103)38-35-65(82(110)111)96-85(116)97-66(83(112)113)36-39-77(105)106/h11-16,20-23,26-29,31-34,44,47-50,64-69,91H,7-10,17-19,24-25,30,35-43,45-46,51H2,1-6H3,(H12-,89,90,92,93,94,95,96,97,102,103,104,105,106,107,108,109,110,111,112,113,114,115,116,119,120,121)/p+1/t64?,65-,66-,67-,68-,69?/m0/s1. The molecule has 2 aliphatic heterocycles. The molecule has 41 heteroatoms. The lowest BCUT2D eigenvalue weighted by molar-refractivity contribution is -0.362. The maximum atomic E-state index is 16.2. The summed E-state index contributed by atoms with van der Waals surface area (Å²) in [6.45, 7) is 9.35. The van der Waals surface area contributed by atoms with E-state index in [0.717, 1.165) is 48.0 Å². The molecular formula is C85H105BF2N13O21S4+. The van der Waals surface area contributed by atoms with Crippen LogP contribution in [0, 0.1) is 13.8 Å². The van der Waals surface area contributed by atoms with E-state index < -0.39 is 164 Å². The zero-order chi connectivity index (χ0) is 91.7. The molecule has 9 rings (SSSR count). The Kier molecular flexibility index (Phi) is 35.3. The Hall–Kier alpha value is -11.8. The van der Waals surface area contributed by atoms with Crippen LogP contribution in [0.3, 0.4) is 0 Å². The summed E-state index contributed by atoms with van der Waals surface area (Å²) in [5, 5.41) is 59.6. The number of carboxylic acids is 4. The molecule has 4 heterocycles. The molecule has 8 amide bonds. The van der Waals surface area contributed by atoms with E-state index in [4.69, 9.17) is 9.52 Å². The molecule has 676 valence electrons. The lowest BCUT2D eigenvalue weighted by Crippen LogP contribution is -2.58. The van der Waals surface area contributed by atoms with Gasteiger partial charge in [0.1, 0.15) is 46.9 Å². The van der Waals surface area contributed by atoms with Crippen LogP contribution in [-0.2, 0) is 80.9 Å². The summed E-state index contributed by atoms with van der Waals surface area (Å²) in [5.41, 5.74) is 5.90. The van der Waals surface area contributed by atoms with Crippen LogP contribution >= 0.6 is 21.6 Å². The fourth-order valence-electron chi connectivity index (χ4n) is 14.8. The van der Waals surface area contributed by atoms with Crippen LogP contribution in [0.25, 0.3) is 39.1 Å². The second kappa shape index (κ2) is 45.4. The maximum Gasteiger partial charge on any atom is 0.737 e. The quantitative estimate of drug-likeness (QED) is 0.00426. The highest BCUT2D eigenvalue weighted by Crippen LogP contribution is 2.43. The number of benzene rings is 5. The number of anilines is 2. The van der Waals surface area contributed by atoms with Crippen molar-refractivity contribution in [1.29, 1.82) is 0 Å². The SMILES string of the molecule is CCN(CC)c1ccc2c(-c3ccc(S(=O)(=O)NCCSSCC(NC(=O)C(CCCCNC(=O)CCC4=[N+]5C(=Cc6c(C)cc(C)n6[B-]5(F)F)C=C4)NC(=O)[C@H](Cc4ccccc4)NC(=O)[C@H](Cc4ccccc4)NC(=O)CCCNC(=O)CC[C@H](NC(=O)N[C@@H](CCC(=O)O)C(=O)O)C(=O)O)C(=O)O)cc3S(=O)(=O)O)c3ccc(N(CC)CC)cc3[o+]c2c1. The van der Waals surface area contributed by atoms with Crippen LogP contribution in [0.1, 0.15) is 126 Å². The zero-order valence-electron chi connectivity index (χ0n) is 70.3. The molecule has 5 aromatic carbocycles. The predicted octanol–water partition coefficient (Wildman–Crippen LogP) is 8.17. The van der Waals surface area contributed by atoms with Gasteiger partial charge in [-0.2, -0.15) is 8.42 Å². The van der Waals surface area contributed by atoms with Gasteiger partial charge in [-0.1, -0.05) is 88.3 Å². The number of carboxylic acid groups (broad SMARTS) is 4. The van der Waals surface area contributed by atoms with Gasteiger partial charge in [-0.05, 0) is 145 Å². The first-order valence-corrected chi connectivity index (χ1v) is 46.6. The molecular weight excluding hydrogens is 1720 g/mol. The van der Waals surface area contributed by atoms with Crippen LogP contribution < -0.4 is 57.1 Å². The van der Waals surface area contributed by atoms with Gasteiger partial charge in [0.05, 0.1) is 27.8 Å². The number of nitrogens with zero attached hydrogens (tertiary/aromatic N) is 4. The number of amides is 8. The van der Waals surface area contributed by atoms with Gasteiger partial charge in [0, 0.05) is 149 Å². The number of halogens is 2. The van der Waals surface area contributed by atoms with Crippen molar-refractivity contribution in [1.82, 2.24) is 51.7 Å². The Labute approximate surface area is 735 Å². The lowest BCUT2D eigenvalue weighted by atomic mass is 9.90. The average molecular weight is 1820 g/mol. The molecule has 2 unspecified atom stereocenters. The third-order valence-corrected chi connectivity index (χ3v) is 26.1. The molecule has 0 bridgehead atoms. The summed E-state index contributed by atoms with van der Waals surface area (Å²) in [7, 11) is -7.73. The highest BCUT2D eigenvalue weighted by Gasteiger charge is 2.52. The molecule has 0 saturated heterocycles. The molecule has 6 atom stereocenters. The normalized spacial score (nSPS) is 14.2. The Morgan fingerprint density at radius 3 is 1.61 bits per heavy atom. The van der Waals surface area contributed by atoms with Crippen molar-refractivity contribution in [2.75, 3.05) is 67.1 Å². The summed E-state index contributed by atoms with van der Waals surface area (Å²) in [4.78, 5) is 147. The van der Waals surface area contributed by atoms with E-state index in [-0.39, 0.29) is 106 Å². The average Bonchev–Trinajstić information content (AvgIpc) is 1.49. The first kappa shape index (κ1) is 98.0. The molecule has 34 nitrogen and oxygen atoms in total. The Morgan fingerprint density at radius 2 is 1.06 bits per heavy atom. The summed E-state index contributed by atoms with van der Waals surface area (Å²) in [5.74, 6) is -11.0. The topological polar surface area (TPSA) is 491 Å². The van der Waals surface area contributed by atoms with Crippen molar-refractivity contribution in [3.8, 4) is 11.1 Å². The number of urea groups is 1. The van der Waals surface area contributed by atoms with Gasteiger partial charge < -0.3 is 90.4 Å². The number of carbonyl (C=O) groups is 11. The van der Waals surface area contributed by atoms with Gasteiger partial charge in [-0.3, -0.25) is 38.1 Å². The second-order valence-corrected chi connectivity index (χ2v) is 35.9. The number of aromatic nitrogens is 1. The fraction of sp³-hybridized carbons (Fsp3) is 0.400. The van der Waals surface area contributed by atoms with E-state index in [1.165, 1.54) is 12.1 Å². The summed E-state index contributed by atoms with van der Waals surface area (Å²) in [6.07, 6.45) is 1.96. The van der Waals surface area contributed by atoms with E-state index in [1.54, 1.807) is 111 Å². The van der Waals surface area contributed by atoms with Crippen LogP contribution in [0.2, 0.25) is 0 Å². The molecule has 0 fully saturated rings. The number of fused-ring (bicyclic) bond motifs is 4. The van der Waals surface area contributed by atoms with Crippen molar-refractivity contribution in [2.24, 2.45) is 0 Å². The first-order chi connectivity index (χ1) is 59.9. The van der Waals surface area contributed by atoms with Gasteiger partial charge in [0.2, 0.25) is 45.5 Å². The van der Waals surface area contributed by atoms with E-state index >= 15 is 8.63 Å². The summed E-state index contributed by atoms with van der Waals surface area (Å²) in [6, 6.07) is 22.2. The number of hydrogen-bond donors (Lipinski definition) is 14. The Balaban J connectivity index is 0.867. The first-order valence-electron chi connectivity index (χ1n) is 41.2. The van der Waals surface area contributed by atoms with Crippen molar-refractivity contribution in [2.45, 2.75) is 171 Å². The molecule has 0 saturated carbocycles. The van der Waals surface area contributed by atoms with Gasteiger partial charge in [0.15, 0.2) is 5.70 Å². The summed E-state index contributed by atoms with van der Waals surface area (Å²) < 4.78 is 109. The number of hydrogen-bond acceptors (Lipinski definition) is 19. The maximum absolute atomic E-state index is 16.2. The molecule has 0 aliphatic carbocycles. The van der Waals surface area contributed by atoms with E-state index in [2.05, 4.69) is 46.4 Å². The largest absolute Gasteiger partial charge is 0.737 e. The molecule has 0 spiro atoms. The van der Waals surface area contributed by atoms with Crippen LogP contribution in [0.4, 0.5) is 24.8 Å². The zero-order valence-corrected chi connectivity index (χ0v) is 73.6. The smallest absolute Gasteiger partial charge is 0.481 e. The van der Waals surface area contributed by atoms with Gasteiger partial charge in [-0.25, -0.2) is 36.7 Å². The van der Waals surface area contributed by atoms with Gasteiger partial charge in [0.25, 0.3) is 10.1 Å². The minimum absolute atomic E-state index is 0.00572. The highest BCUT2D eigenvalue weighted by molar-refractivity contribution is 8.76. The molecule has 126 heavy (non-hydrogen) atoms. The van der Waals surface area contributed by atoms with Gasteiger partial charge >= 0.3 is 48.0 Å². The molecule has 14 N–H and O–H groups in total. The molecule has 0 radical (unpaired) electrons. The minimum Gasteiger partial charge on any atom is -0.481 e. The number of rotatable bonds is 50. The Bertz CT molecular complexity index is 5460. The van der Waals surface area contributed by atoms with Gasteiger partial charge in [-0.15, -0.1) is 0 Å². The highest BCUT2D eigenvalue weighted by atomic mass is 33.1. The van der Waals surface area contributed by atoms with Crippen LogP contribution in [0.5, 0.6) is 0 Å². The minimum atomic E-state index is -5.15. The molecule has 2 aromatic heterocycles. The third-order valence-electron chi connectivity index (χ3n) is 21.3. The van der Waals surface area contributed by atoms with Crippen molar-refractivity contribution in [3.05, 3.63) is 167 Å². The number of carbonyl (C=O) groups excluding carboxylic acids is 7. The second-order valence-electron chi connectivity index (χ2n) is 30.1. The number of aryl methyl sites for hydroxylation is 2. The van der Waals surface area contributed by atoms with E-state index in [9.17, 15) is 89.4 Å². The number of aliphatic carboxylic acids is 4. The molecule has 7 aromatic rings. The van der Waals surface area contributed by atoms with E-state index in [1.807, 2.05) is 62.6 Å². The van der Waals surface area contributed by atoms with Crippen molar-refractivity contribution < 1.29 is 112 Å². The number of allylic oxidation sites excluding steroid dienone is 2. The molecule has 2 aliphatic rings.